The molecule has 0 N–H and O–H groups in total. The van der Waals surface area contributed by atoms with Crippen molar-refractivity contribution in [3.05, 3.63) is 32.7 Å². The first-order chi connectivity index (χ1) is 8.56. The molecule has 18 heavy (non-hydrogen) atoms. The summed E-state index contributed by atoms with van der Waals surface area (Å²) in [5.74, 6) is 0.878. The molecule has 1 aliphatic rings. The molecule has 4 heteroatoms. The van der Waals surface area contributed by atoms with Crippen LogP contribution in [0.15, 0.2) is 27.1 Å². The first-order valence-electron chi connectivity index (χ1n) is 6.31. The van der Waals surface area contributed by atoms with Crippen molar-refractivity contribution in [3.8, 4) is 0 Å². The first kappa shape index (κ1) is 14.1. The standard InChI is InChI=1S/C14H17Br2NO/c1-10-3-2-5-17(6-4-10)14(18)11-7-12(15)9-13(16)8-11/h7-10H,2-6H2,1H3. The molecule has 1 atom stereocenters. The Bertz CT molecular complexity index is 427. The highest BCUT2D eigenvalue weighted by Crippen LogP contribution is 2.23. The average molecular weight is 375 g/mol. The van der Waals surface area contributed by atoms with Gasteiger partial charge in [-0.2, -0.15) is 0 Å². The third-order valence-electron chi connectivity index (χ3n) is 3.41. The van der Waals surface area contributed by atoms with Crippen LogP contribution in [0.4, 0.5) is 0 Å². The van der Waals surface area contributed by atoms with Crippen LogP contribution in [0.5, 0.6) is 0 Å². The van der Waals surface area contributed by atoms with Gasteiger partial charge >= 0.3 is 0 Å². The topological polar surface area (TPSA) is 20.3 Å². The molecule has 1 fully saturated rings. The molecule has 1 aromatic rings. The van der Waals surface area contributed by atoms with Crippen LogP contribution < -0.4 is 0 Å². The third kappa shape index (κ3) is 3.58. The monoisotopic (exact) mass is 373 g/mol. The molecule has 1 saturated heterocycles. The van der Waals surface area contributed by atoms with Gasteiger partial charge in [0, 0.05) is 27.6 Å². The maximum atomic E-state index is 12.4. The van der Waals surface area contributed by atoms with Gasteiger partial charge in [-0.05, 0) is 43.4 Å². The molecule has 0 spiro atoms. The molecule has 2 rings (SSSR count). The zero-order valence-electron chi connectivity index (χ0n) is 10.5. The fourth-order valence-corrected chi connectivity index (χ4v) is 3.62. The van der Waals surface area contributed by atoms with E-state index in [0.29, 0.717) is 0 Å². The van der Waals surface area contributed by atoms with Gasteiger partial charge in [-0.1, -0.05) is 38.8 Å². The number of nitrogens with zero attached hydrogens (tertiary/aromatic N) is 1. The quantitative estimate of drug-likeness (QED) is 0.709. The molecule has 1 amide bonds. The van der Waals surface area contributed by atoms with Gasteiger partial charge < -0.3 is 4.90 Å². The maximum absolute atomic E-state index is 12.4. The minimum atomic E-state index is 0.145. The number of hydrogen-bond acceptors (Lipinski definition) is 1. The first-order valence-corrected chi connectivity index (χ1v) is 7.90. The SMILES string of the molecule is CC1CCCN(C(=O)c2cc(Br)cc(Br)c2)CC1. The molecule has 0 bridgehead atoms. The van der Waals surface area contributed by atoms with E-state index in [9.17, 15) is 4.79 Å². The summed E-state index contributed by atoms with van der Waals surface area (Å²) in [5.41, 5.74) is 0.755. The van der Waals surface area contributed by atoms with E-state index >= 15 is 0 Å². The van der Waals surface area contributed by atoms with E-state index in [-0.39, 0.29) is 5.91 Å². The van der Waals surface area contributed by atoms with Gasteiger partial charge in [-0.3, -0.25) is 4.79 Å². The van der Waals surface area contributed by atoms with Crippen molar-refractivity contribution in [2.45, 2.75) is 26.2 Å². The zero-order chi connectivity index (χ0) is 13.1. The number of benzene rings is 1. The van der Waals surface area contributed by atoms with E-state index in [1.165, 1.54) is 6.42 Å². The van der Waals surface area contributed by atoms with Crippen LogP contribution >= 0.6 is 31.9 Å². The Labute approximate surface area is 125 Å². The summed E-state index contributed by atoms with van der Waals surface area (Å²) in [6, 6.07) is 5.73. The number of carbonyl (C=O) groups is 1. The highest BCUT2D eigenvalue weighted by molar-refractivity contribution is 9.11. The summed E-state index contributed by atoms with van der Waals surface area (Å²) in [5, 5.41) is 0. The lowest BCUT2D eigenvalue weighted by Crippen LogP contribution is -2.32. The molecular weight excluding hydrogens is 358 g/mol. The number of likely N-dealkylation sites (tertiary alicyclic amines) is 1. The number of halogens is 2. The van der Waals surface area contributed by atoms with E-state index < -0.39 is 0 Å². The van der Waals surface area contributed by atoms with Crippen LogP contribution in [0.2, 0.25) is 0 Å². The van der Waals surface area contributed by atoms with Gasteiger partial charge in [0.05, 0.1) is 0 Å². The fraction of sp³-hybridized carbons (Fsp3) is 0.500. The van der Waals surface area contributed by atoms with Gasteiger partial charge in [-0.25, -0.2) is 0 Å². The van der Waals surface area contributed by atoms with E-state index in [1.54, 1.807) is 0 Å². The maximum Gasteiger partial charge on any atom is 0.253 e. The summed E-state index contributed by atoms with van der Waals surface area (Å²) >= 11 is 6.86. The van der Waals surface area contributed by atoms with E-state index in [2.05, 4.69) is 38.8 Å². The lowest BCUT2D eigenvalue weighted by Gasteiger charge is -2.20. The summed E-state index contributed by atoms with van der Waals surface area (Å²) in [6.07, 6.45) is 3.45. The Kier molecular flexibility index (Phi) is 4.84. The fourth-order valence-electron chi connectivity index (χ4n) is 2.33. The summed E-state index contributed by atoms with van der Waals surface area (Å²) in [4.78, 5) is 14.4. The molecule has 98 valence electrons. The normalized spacial score (nSPS) is 20.6. The van der Waals surface area contributed by atoms with Crippen LogP contribution in [0.25, 0.3) is 0 Å². The molecule has 0 saturated carbocycles. The van der Waals surface area contributed by atoms with Crippen molar-refractivity contribution in [2.24, 2.45) is 5.92 Å². The van der Waals surface area contributed by atoms with Crippen molar-refractivity contribution in [3.63, 3.8) is 0 Å². The summed E-state index contributed by atoms with van der Waals surface area (Å²) in [7, 11) is 0. The van der Waals surface area contributed by atoms with Gasteiger partial charge in [0.15, 0.2) is 0 Å². The minimum absolute atomic E-state index is 0.145. The van der Waals surface area contributed by atoms with Crippen LogP contribution in [0.1, 0.15) is 36.5 Å². The molecular formula is C14H17Br2NO. The predicted molar refractivity (Wildman–Crippen MR) is 80.8 cm³/mol. The summed E-state index contributed by atoms with van der Waals surface area (Å²) < 4.78 is 1.87. The second-order valence-electron chi connectivity index (χ2n) is 4.99. The van der Waals surface area contributed by atoms with Crippen LogP contribution in [0, 0.1) is 5.92 Å². The Hall–Kier alpha value is -0.350. The molecule has 1 unspecified atom stereocenters. The molecule has 0 radical (unpaired) electrons. The van der Waals surface area contributed by atoms with Gasteiger partial charge in [-0.15, -0.1) is 0 Å². The molecule has 2 nitrogen and oxygen atoms in total. The van der Waals surface area contributed by atoms with Crippen molar-refractivity contribution >= 4 is 37.8 Å². The second-order valence-corrected chi connectivity index (χ2v) is 6.82. The van der Waals surface area contributed by atoms with Gasteiger partial charge in [0.25, 0.3) is 5.91 Å². The lowest BCUT2D eigenvalue weighted by atomic mass is 10.0. The highest BCUT2D eigenvalue weighted by atomic mass is 79.9. The number of rotatable bonds is 1. The molecule has 0 aromatic heterocycles. The van der Waals surface area contributed by atoms with Crippen LogP contribution in [-0.2, 0) is 0 Å². The molecule has 1 aromatic carbocycles. The predicted octanol–water partition coefficient (Wildman–Crippen LogP) is 4.47. The minimum Gasteiger partial charge on any atom is -0.339 e. The van der Waals surface area contributed by atoms with Gasteiger partial charge in [0.1, 0.15) is 0 Å². The van der Waals surface area contributed by atoms with Crippen molar-refractivity contribution in [1.29, 1.82) is 0 Å². The molecule has 1 heterocycles. The van der Waals surface area contributed by atoms with Crippen molar-refractivity contribution in [1.82, 2.24) is 4.90 Å². The number of carbonyl (C=O) groups excluding carboxylic acids is 1. The van der Waals surface area contributed by atoms with Crippen molar-refractivity contribution in [2.75, 3.05) is 13.1 Å². The largest absolute Gasteiger partial charge is 0.339 e. The Morgan fingerprint density at radius 1 is 1.17 bits per heavy atom. The number of hydrogen-bond donors (Lipinski definition) is 0. The van der Waals surface area contributed by atoms with Gasteiger partial charge in [0.2, 0.25) is 0 Å². The summed E-state index contributed by atoms with van der Waals surface area (Å²) in [6.45, 7) is 4.03. The average Bonchev–Trinajstić information content (AvgIpc) is 2.52. The Morgan fingerprint density at radius 3 is 2.50 bits per heavy atom. The van der Waals surface area contributed by atoms with E-state index in [4.69, 9.17) is 0 Å². The molecule has 0 aliphatic carbocycles. The van der Waals surface area contributed by atoms with E-state index in [1.807, 2.05) is 23.1 Å². The Balaban J connectivity index is 2.14. The Morgan fingerprint density at radius 2 is 1.83 bits per heavy atom. The van der Waals surface area contributed by atoms with E-state index in [0.717, 1.165) is 46.4 Å². The number of amides is 1. The highest BCUT2D eigenvalue weighted by Gasteiger charge is 2.20. The zero-order valence-corrected chi connectivity index (χ0v) is 13.6. The van der Waals surface area contributed by atoms with Crippen LogP contribution in [-0.4, -0.2) is 23.9 Å². The second kappa shape index (κ2) is 6.20. The molecule has 1 aliphatic heterocycles. The van der Waals surface area contributed by atoms with Crippen molar-refractivity contribution < 1.29 is 4.79 Å². The smallest absolute Gasteiger partial charge is 0.253 e. The third-order valence-corrected chi connectivity index (χ3v) is 4.33. The lowest BCUT2D eigenvalue weighted by molar-refractivity contribution is 0.0760. The van der Waals surface area contributed by atoms with Crippen LogP contribution in [0.3, 0.4) is 0 Å².